The normalized spacial score (nSPS) is 17.6. The number of carbonyl (C=O) groups is 2. The van der Waals surface area contributed by atoms with E-state index in [0.717, 1.165) is 27.4 Å². The second-order valence-electron chi connectivity index (χ2n) is 10.3. The number of rotatable bonds is 6. The molecule has 0 bridgehead atoms. The quantitative estimate of drug-likeness (QED) is 0.341. The van der Waals surface area contributed by atoms with Crippen molar-refractivity contribution in [3.8, 4) is 0 Å². The van der Waals surface area contributed by atoms with Crippen molar-refractivity contribution in [3.05, 3.63) is 64.7 Å². The third-order valence-electron chi connectivity index (χ3n) is 6.92. The number of benzene rings is 1. The van der Waals surface area contributed by atoms with Crippen molar-refractivity contribution in [2.24, 2.45) is 0 Å². The van der Waals surface area contributed by atoms with Gasteiger partial charge in [-0.25, -0.2) is 0 Å². The topological polar surface area (TPSA) is 112 Å². The van der Waals surface area contributed by atoms with Gasteiger partial charge < -0.3 is 20.4 Å². The SMILES string of the molecule is Cc1ncccc1C(=O)NCCN1CC(C)(C)OCC1C(=O)Nc1cc(Cl)cc2c1[nH]c1cncc(C)c12. The van der Waals surface area contributed by atoms with Crippen LogP contribution in [0.2, 0.25) is 5.02 Å². The Bertz CT molecular complexity index is 1530. The summed E-state index contributed by atoms with van der Waals surface area (Å²) in [4.78, 5) is 40.1. The van der Waals surface area contributed by atoms with Crippen LogP contribution in [0.5, 0.6) is 0 Å². The molecular weight excluding hydrogens is 504 g/mol. The molecule has 10 heteroatoms. The van der Waals surface area contributed by atoms with Gasteiger partial charge in [-0.05, 0) is 57.5 Å². The molecule has 4 aromatic rings. The number of H-pyrrole nitrogens is 1. The van der Waals surface area contributed by atoms with Crippen LogP contribution in [0.25, 0.3) is 21.8 Å². The molecule has 1 aromatic carbocycles. The summed E-state index contributed by atoms with van der Waals surface area (Å²) in [5, 5.41) is 8.50. The predicted molar refractivity (Wildman–Crippen MR) is 149 cm³/mol. The Morgan fingerprint density at radius 1 is 1.26 bits per heavy atom. The van der Waals surface area contributed by atoms with Crippen LogP contribution in [0, 0.1) is 13.8 Å². The van der Waals surface area contributed by atoms with Crippen LogP contribution >= 0.6 is 11.6 Å². The summed E-state index contributed by atoms with van der Waals surface area (Å²) in [6.45, 7) is 9.41. The van der Waals surface area contributed by atoms with Crippen molar-refractivity contribution < 1.29 is 14.3 Å². The lowest BCUT2D eigenvalue weighted by Crippen LogP contribution is -2.59. The van der Waals surface area contributed by atoms with E-state index in [1.807, 2.05) is 33.0 Å². The third-order valence-corrected chi connectivity index (χ3v) is 7.14. The molecule has 1 unspecified atom stereocenters. The van der Waals surface area contributed by atoms with E-state index in [-0.39, 0.29) is 18.4 Å². The number of pyridine rings is 2. The monoisotopic (exact) mass is 534 g/mol. The Labute approximate surface area is 225 Å². The van der Waals surface area contributed by atoms with E-state index in [9.17, 15) is 9.59 Å². The van der Waals surface area contributed by atoms with Gasteiger partial charge in [0.05, 0.1) is 40.7 Å². The Morgan fingerprint density at radius 3 is 2.87 bits per heavy atom. The summed E-state index contributed by atoms with van der Waals surface area (Å²) in [5.74, 6) is -0.388. The first-order valence-corrected chi connectivity index (χ1v) is 12.9. The van der Waals surface area contributed by atoms with Gasteiger partial charge in [-0.2, -0.15) is 0 Å². The van der Waals surface area contributed by atoms with Crippen LogP contribution in [0.4, 0.5) is 5.69 Å². The number of halogens is 1. The Morgan fingerprint density at radius 2 is 2.08 bits per heavy atom. The summed E-state index contributed by atoms with van der Waals surface area (Å²) >= 11 is 6.47. The first-order chi connectivity index (χ1) is 18.1. The van der Waals surface area contributed by atoms with E-state index in [1.54, 1.807) is 37.5 Å². The van der Waals surface area contributed by atoms with E-state index in [0.29, 0.717) is 41.6 Å². The predicted octanol–water partition coefficient (Wildman–Crippen LogP) is 4.23. The highest BCUT2D eigenvalue weighted by molar-refractivity contribution is 6.33. The molecule has 5 rings (SSSR count). The average Bonchev–Trinajstić information content (AvgIpc) is 3.23. The molecule has 0 aliphatic carbocycles. The fourth-order valence-electron chi connectivity index (χ4n) is 5.07. The summed E-state index contributed by atoms with van der Waals surface area (Å²) in [6.07, 6.45) is 5.23. The zero-order valence-corrected chi connectivity index (χ0v) is 22.6. The van der Waals surface area contributed by atoms with Gasteiger partial charge >= 0.3 is 0 Å². The lowest BCUT2D eigenvalue weighted by molar-refractivity contribution is -0.142. The minimum Gasteiger partial charge on any atom is -0.372 e. The Hall–Kier alpha value is -3.53. The third kappa shape index (κ3) is 5.22. The molecule has 1 fully saturated rings. The number of carbonyl (C=O) groups excluding carboxylic acids is 2. The number of morpholine rings is 1. The molecule has 3 N–H and O–H groups in total. The molecule has 9 nitrogen and oxygen atoms in total. The first kappa shape index (κ1) is 26.1. The maximum Gasteiger partial charge on any atom is 0.253 e. The van der Waals surface area contributed by atoms with Gasteiger partial charge in [-0.3, -0.25) is 24.5 Å². The van der Waals surface area contributed by atoms with Crippen molar-refractivity contribution in [1.82, 2.24) is 25.2 Å². The first-order valence-electron chi connectivity index (χ1n) is 12.6. The lowest BCUT2D eigenvalue weighted by Gasteiger charge is -2.42. The fourth-order valence-corrected chi connectivity index (χ4v) is 5.29. The molecule has 1 atom stereocenters. The van der Waals surface area contributed by atoms with Crippen LogP contribution in [-0.2, 0) is 9.53 Å². The largest absolute Gasteiger partial charge is 0.372 e. The Balaban J connectivity index is 1.34. The summed E-state index contributed by atoms with van der Waals surface area (Å²) < 4.78 is 6.01. The average molecular weight is 535 g/mol. The maximum absolute atomic E-state index is 13.6. The maximum atomic E-state index is 13.6. The number of aryl methyl sites for hydroxylation is 2. The van der Waals surface area contributed by atoms with Gasteiger partial charge in [0.15, 0.2) is 0 Å². The number of aromatic amines is 1. The molecule has 0 radical (unpaired) electrons. The number of hydrogen-bond acceptors (Lipinski definition) is 6. The summed E-state index contributed by atoms with van der Waals surface area (Å²) in [5.41, 5.74) is 4.07. The smallest absolute Gasteiger partial charge is 0.253 e. The number of nitrogens with zero attached hydrogens (tertiary/aromatic N) is 3. The van der Waals surface area contributed by atoms with Crippen molar-refractivity contribution in [2.75, 3.05) is 31.6 Å². The molecule has 0 saturated carbocycles. The van der Waals surface area contributed by atoms with Gasteiger partial charge in [0, 0.05) is 53.5 Å². The second kappa shape index (κ2) is 10.3. The number of aromatic nitrogens is 3. The highest BCUT2D eigenvalue weighted by atomic mass is 35.5. The minimum atomic E-state index is -0.540. The van der Waals surface area contributed by atoms with Crippen LogP contribution in [0.1, 0.15) is 35.5 Å². The van der Waals surface area contributed by atoms with Gasteiger partial charge in [0.25, 0.3) is 5.91 Å². The second-order valence-corrected chi connectivity index (χ2v) is 10.8. The van der Waals surface area contributed by atoms with Gasteiger partial charge in [0.1, 0.15) is 6.04 Å². The number of ether oxygens (including phenoxy) is 1. The zero-order chi connectivity index (χ0) is 27.0. The van der Waals surface area contributed by atoms with E-state index < -0.39 is 11.6 Å². The van der Waals surface area contributed by atoms with Gasteiger partial charge in [0.2, 0.25) is 5.91 Å². The van der Waals surface area contributed by atoms with Crippen molar-refractivity contribution in [1.29, 1.82) is 0 Å². The molecule has 4 heterocycles. The van der Waals surface area contributed by atoms with E-state index in [2.05, 4.69) is 30.5 Å². The Kier molecular flexibility index (Phi) is 7.09. The lowest BCUT2D eigenvalue weighted by atomic mass is 10.0. The van der Waals surface area contributed by atoms with Crippen molar-refractivity contribution in [2.45, 2.75) is 39.3 Å². The highest BCUT2D eigenvalue weighted by Crippen LogP contribution is 2.35. The van der Waals surface area contributed by atoms with E-state index in [4.69, 9.17) is 16.3 Å². The highest BCUT2D eigenvalue weighted by Gasteiger charge is 2.37. The number of hydrogen-bond donors (Lipinski definition) is 3. The minimum absolute atomic E-state index is 0.186. The molecule has 198 valence electrons. The van der Waals surface area contributed by atoms with Crippen LogP contribution in [0.3, 0.4) is 0 Å². The molecular formula is C28H31ClN6O3. The summed E-state index contributed by atoms with van der Waals surface area (Å²) in [6, 6.07) is 6.59. The number of anilines is 1. The molecule has 2 amide bonds. The van der Waals surface area contributed by atoms with Crippen LogP contribution in [-0.4, -0.2) is 69.6 Å². The zero-order valence-electron chi connectivity index (χ0n) is 21.9. The summed E-state index contributed by atoms with van der Waals surface area (Å²) in [7, 11) is 0. The van der Waals surface area contributed by atoms with Crippen molar-refractivity contribution >= 4 is 50.9 Å². The number of nitrogens with one attached hydrogen (secondary N) is 3. The number of fused-ring (bicyclic) bond motifs is 3. The standard InChI is InChI=1S/C28H31ClN6O3/c1-16-12-30-13-22-24(16)20-10-18(29)11-21(25(20)33-22)34-27(37)23-14-38-28(3,4)15-35(23)9-8-32-26(36)19-6-5-7-31-17(19)2/h5-7,10-13,23,33H,8-9,14-15H2,1-4H3,(H,32,36)(H,34,37). The molecule has 3 aromatic heterocycles. The molecule has 38 heavy (non-hydrogen) atoms. The van der Waals surface area contributed by atoms with Crippen molar-refractivity contribution in [3.63, 3.8) is 0 Å². The molecule has 0 spiro atoms. The molecule has 1 aliphatic heterocycles. The van der Waals surface area contributed by atoms with Crippen LogP contribution in [0.15, 0.2) is 42.9 Å². The van der Waals surface area contributed by atoms with E-state index >= 15 is 0 Å². The molecule has 1 saturated heterocycles. The van der Waals surface area contributed by atoms with E-state index in [1.165, 1.54) is 0 Å². The number of amides is 2. The van der Waals surface area contributed by atoms with Gasteiger partial charge in [-0.15, -0.1) is 0 Å². The fraction of sp³-hybridized carbons (Fsp3) is 0.357. The molecule has 1 aliphatic rings. The van der Waals surface area contributed by atoms with Crippen LogP contribution < -0.4 is 10.6 Å². The van der Waals surface area contributed by atoms with Gasteiger partial charge in [-0.1, -0.05) is 11.6 Å².